The summed E-state index contributed by atoms with van der Waals surface area (Å²) in [6.07, 6.45) is 3.06. The van der Waals surface area contributed by atoms with Gasteiger partial charge in [0.2, 0.25) is 0 Å². The predicted molar refractivity (Wildman–Crippen MR) is 56.3 cm³/mol. The van der Waals surface area contributed by atoms with Gasteiger partial charge in [0.1, 0.15) is 0 Å². The van der Waals surface area contributed by atoms with Gasteiger partial charge in [-0.1, -0.05) is 0 Å². The second-order valence-electron chi connectivity index (χ2n) is 3.86. The summed E-state index contributed by atoms with van der Waals surface area (Å²) in [4.78, 5) is 2.50. The smallest absolute Gasteiger partial charge is 0.0522 e. The molecule has 0 aromatic carbocycles. The molecule has 0 bridgehead atoms. The number of piperazine rings is 1. The Hall–Kier alpha value is -0.870. The third-order valence-corrected chi connectivity index (χ3v) is 2.84. The highest BCUT2D eigenvalue weighted by molar-refractivity contribution is 5.14. The number of aryl methyl sites for hydroxylation is 1. The molecule has 0 spiro atoms. The first-order valence-electron chi connectivity index (χ1n) is 5.28. The maximum Gasteiger partial charge on any atom is 0.0522 e. The summed E-state index contributed by atoms with van der Waals surface area (Å²) in [5.41, 5.74) is 2.56. The molecule has 0 aliphatic carbocycles. The molecule has 1 saturated heterocycles. The zero-order chi connectivity index (χ0) is 9.80. The Balaban J connectivity index is 1.79. The van der Waals surface area contributed by atoms with Gasteiger partial charge >= 0.3 is 0 Å². The van der Waals surface area contributed by atoms with Crippen LogP contribution in [0.3, 0.4) is 0 Å². The number of aromatic amines is 1. The van der Waals surface area contributed by atoms with Crippen LogP contribution in [-0.2, 0) is 6.42 Å². The number of hydrogen-bond acceptors (Lipinski definition) is 3. The van der Waals surface area contributed by atoms with Gasteiger partial charge in [-0.25, -0.2) is 0 Å². The van der Waals surface area contributed by atoms with E-state index in [1.54, 1.807) is 0 Å². The van der Waals surface area contributed by atoms with Crippen LogP contribution in [0.5, 0.6) is 0 Å². The summed E-state index contributed by atoms with van der Waals surface area (Å²) in [7, 11) is 0. The molecular weight excluding hydrogens is 176 g/mol. The lowest BCUT2D eigenvalue weighted by Crippen LogP contribution is -2.44. The minimum absolute atomic E-state index is 1.11. The van der Waals surface area contributed by atoms with Gasteiger partial charge in [-0.15, -0.1) is 0 Å². The van der Waals surface area contributed by atoms with Crippen LogP contribution in [0.2, 0.25) is 0 Å². The molecule has 78 valence electrons. The van der Waals surface area contributed by atoms with E-state index >= 15 is 0 Å². The van der Waals surface area contributed by atoms with Crippen molar-refractivity contribution in [3.05, 3.63) is 17.5 Å². The molecular formula is C10H18N4. The molecule has 1 aliphatic rings. The van der Waals surface area contributed by atoms with E-state index in [1.807, 2.05) is 6.20 Å². The summed E-state index contributed by atoms with van der Waals surface area (Å²) in [6.45, 7) is 7.85. The van der Waals surface area contributed by atoms with Gasteiger partial charge in [0.15, 0.2) is 0 Å². The molecule has 2 N–H and O–H groups in total. The lowest BCUT2D eigenvalue weighted by Gasteiger charge is -2.26. The van der Waals surface area contributed by atoms with Crippen molar-refractivity contribution in [1.82, 2.24) is 20.4 Å². The first-order chi connectivity index (χ1) is 6.86. The van der Waals surface area contributed by atoms with Crippen LogP contribution in [0.15, 0.2) is 6.20 Å². The lowest BCUT2D eigenvalue weighted by atomic mass is 10.2. The van der Waals surface area contributed by atoms with E-state index < -0.39 is 0 Å². The fraction of sp³-hybridized carbons (Fsp3) is 0.700. The Bertz CT molecular complexity index is 275. The van der Waals surface area contributed by atoms with Gasteiger partial charge in [-0.05, 0) is 18.9 Å². The van der Waals surface area contributed by atoms with Gasteiger partial charge in [-0.2, -0.15) is 5.10 Å². The summed E-state index contributed by atoms with van der Waals surface area (Å²) in [6, 6.07) is 0. The number of nitrogens with one attached hydrogen (secondary N) is 2. The molecule has 0 amide bonds. The highest BCUT2D eigenvalue weighted by Crippen LogP contribution is 2.04. The van der Waals surface area contributed by atoms with Crippen molar-refractivity contribution in [2.75, 3.05) is 32.7 Å². The molecule has 0 saturated carbocycles. The fourth-order valence-electron chi connectivity index (χ4n) is 1.84. The Morgan fingerprint density at radius 3 is 2.86 bits per heavy atom. The van der Waals surface area contributed by atoms with Gasteiger partial charge < -0.3 is 10.2 Å². The average Bonchev–Trinajstić information content (AvgIpc) is 2.63. The van der Waals surface area contributed by atoms with Crippen molar-refractivity contribution in [1.29, 1.82) is 0 Å². The Morgan fingerprint density at radius 1 is 1.43 bits per heavy atom. The van der Waals surface area contributed by atoms with Crippen LogP contribution in [0.25, 0.3) is 0 Å². The van der Waals surface area contributed by atoms with Gasteiger partial charge in [0, 0.05) is 38.4 Å². The lowest BCUT2D eigenvalue weighted by molar-refractivity contribution is 0.244. The maximum atomic E-state index is 4.03. The van der Waals surface area contributed by atoms with Crippen molar-refractivity contribution in [3.8, 4) is 0 Å². The minimum Gasteiger partial charge on any atom is -0.314 e. The number of aromatic nitrogens is 2. The highest BCUT2D eigenvalue weighted by atomic mass is 15.2. The summed E-state index contributed by atoms with van der Waals surface area (Å²) >= 11 is 0. The first-order valence-corrected chi connectivity index (χ1v) is 5.28. The van der Waals surface area contributed by atoms with Gasteiger partial charge in [-0.3, -0.25) is 5.10 Å². The summed E-state index contributed by atoms with van der Waals surface area (Å²) < 4.78 is 0. The maximum absolute atomic E-state index is 4.03. The second kappa shape index (κ2) is 4.57. The van der Waals surface area contributed by atoms with Crippen LogP contribution < -0.4 is 5.32 Å². The van der Waals surface area contributed by atoms with Crippen molar-refractivity contribution in [2.24, 2.45) is 0 Å². The third kappa shape index (κ3) is 2.33. The van der Waals surface area contributed by atoms with Gasteiger partial charge in [0.25, 0.3) is 0 Å². The topological polar surface area (TPSA) is 44.0 Å². The van der Waals surface area contributed by atoms with E-state index in [-0.39, 0.29) is 0 Å². The summed E-state index contributed by atoms with van der Waals surface area (Å²) in [5.74, 6) is 0. The van der Waals surface area contributed by atoms with Crippen LogP contribution >= 0.6 is 0 Å². The zero-order valence-corrected chi connectivity index (χ0v) is 8.71. The predicted octanol–water partition coefficient (Wildman–Crippen LogP) is 0.166. The number of hydrogen-bond donors (Lipinski definition) is 2. The Morgan fingerprint density at radius 2 is 2.21 bits per heavy atom. The zero-order valence-electron chi connectivity index (χ0n) is 8.71. The van der Waals surface area contributed by atoms with Crippen molar-refractivity contribution in [2.45, 2.75) is 13.3 Å². The standard InChI is InChI=1S/C10H18N4/c1-9-10(8-12-13-9)2-5-14-6-3-11-4-7-14/h8,11H,2-7H2,1H3,(H,12,13). The highest BCUT2D eigenvalue weighted by Gasteiger charge is 2.09. The molecule has 2 rings (SSSR count). The normalized spacial score (nSPS) is 18.6. The van der Waals surface area contributed by atoms with Crippen LogP contribution in [-0.4, -0.2) is 47.8 Å². The molecule has 0 atom stereocenters. The summed E-state index contributed by atoms with van der Waals surface area (Å²) in [5, 5.41) is 10.4. The van der Waals surface area contributed by atoms with E-state index in [0.29, 0.717) is 0 Å². The average molecular weight is 194 g/mol. The third-order valence-electron chi connectivity index (χ3n) is 2.84. The molecule has 1 aromatic rings. The first kappa shape index (κ1) is 9.68. The number of H-pyrrole nitrogens is 1. The van der Waals surface area contributed by atoms with E-state index in [0.717, 1.165) is 26.1 Å². The van der Waals surface area contributed by atoms with Crippen molar-refractivity contribution in [3.63, 3.8) is 0 Å². The molecule has 14 heavy (non-hydrogen) atoms. The number of nitrogens with zero attached hydrogens (tertiary/aromatic N) is 2. The van der Waals surface area contributed by atoms with E-state index in [1.165, 1.54) is 24.3 Å². The fourth-order valence-corrected chi connectivity index (χ4v) is 1.84. The van der Waals surface area contributed by atoms with Gasteiger partial charge in [0.05, 0.1) is 6.20 Å². The Kier molecular flexibility index (Phi) is 3.16. The van der Waals surface area contributed by atoms with E-state index in [2.05, 4.69) is 27.3 Å². The molecule has 0 radical (unpaired) electrons. The van der Waals surface area contributed by atoms with Crippen LogP contribution in [0.4, 0.5) is 0 Å². The molecule has 1 aromatic heterocycles. The van der Waals surface area contributed by atoms with Crippen LogP contribution in [0, 0.1) is 6.92 Å². The SMILES string of the molecule is Cc1[nH]ncc1CCN1CCNCC1. The van der Waals surface area contributed by atoms with E-state index in [9.17, 15) is 0 Å². The monoisotopic (exact) mass is 194 g/mol. The van der Waals surface area contributed by atoms with Crippen LogP contribution in [0.1, 0.15) is 11.3 Å². The molecule has 4 nitrogen and oxygen atoms in total. The van der Waals surface area contributed by atoms with Crippen molar-refractivity contribution >= 4 is 0 Å². The largest absolute Gasteiger partial charge is 0.314 e. The molecule has 1 aliphatic heterocycles. The quantitative estimate of drug-likeness (QED) is 0.720. The molecule has 1 fully saturated rings. The van der Waals surface area contributed by atoms with E-state index in [4.69, 9.17) is 0 Å². The minimum atomic E-state index is 1.11. The van der Waals surface area contributed by atoms with Crippen molar-refractivity contribution < 1.29 is 0 Å². The number of rotatable bonds is 3. The Labute approximate surface area is 84.7 Å². The molecule has 0 unspecified atom stereocenters. The molecule has 4 heteroatoms. The molecule has 2 heterocycles. The second-order valence-corrected chi connectivity index (χ2v) is 3.86.